The number of hydrogen-bond donors (Lipinski definition) is 3. The summed E-state index contributed by atoms with van der Waals surface area (Å²) in [5.41, 5.74) is 0.563. The molecule has 0 saturated carbocycles. The Morgan fingerprint density at radius 1 is 1.37 bits per heavy atom. The molecule has 3 N–H and O–H groups in total. The van der Waals surface area contributed by atoms with Gasteiger partial charge in [0.15, 0.2) is 0 Å². The van der Waals surface area contributed by atoms with Crippen LogP contribution in [0.2, 0.25) is 0 Å². The maximum atomic E-state index is 11.8. The number of phenols is 2. The van der Waals surface area contributed by atoms with Crippen molar-refractivity contribution in [2.45, 2.75) is 25.4 Å². The number of hydrogen-bond acceptors (Lipinski definition) is 5. The SMILES string of the molecule is CC(NC1CC(=O)N(C)C1=O)c1ccc(O)cc1O. The number of carbonyl (C=O) groups is 2. The third-order valence-electron chi connectivity index (χ3n) is 3.31. The lowest BCUT2D eigenvalue weighted by Crippen LogP contribution is -2.38. The van der Waals surface area contributed by atoms with Crippen molar-refractivity contribution in [3.8, 4) is 11.5 Å². The van der Waals surface area contributed by atoms with Crippen LogP contribution in [-0.2, 0) is 9.59 Å². The minimum absolute atomic E-state index is 0.0275. The zero-order chi connectivity index (χ0) is 14.2. The van der Waals surface area contributed by atoms with Crippen molar-refractivity contribution in [3.63, 3.8) is 0 Å². The van der Waals surface area contributed by atoms with Gasteiger partial charge in [-0.1, -0.05) is 6.07 Å². The molecule has 6 heteroatoms. The second kappa shape index (κ2) is 4.89. The van der Waals surface area contributed by atoms with Crippen LogP contribution in [0.4, 0.5) is 0 Å². The second-order valence-corrected chi connectivity index (χ2v) is 4.68. The van der Waals surface area contributed by atoms with Crippen LogP contribution in [0.5, 0.6) is 11.5 Å². The highest BCUT2D eigenvalue weighted by molar-refractivity contribution is 6.05. The molecule has 1 aromatic carbocycles. The van der Waals surface area contributed by atoms with E-state index in [1.54, 1.807) is 13.0 Å². The number of likely N-dealkylation sites (tertiary alicyclic amines) is 1. The molecule has 2 unspecified atom stereocenters. The average Bonchev–Trinajstić information content (AvgIpc) is 2.57. The number of amides is 2. The highest BCUT2D eigenvalue weighted by Crippen LogP contribution is 2.28. The summed E-state index contributed by atoms with van der Waals surface area (Å²) in [5.74, 6) is -0.565. The highest BCUT2D eigenvalue weighted by atomic mass is 16.3. The van der Waals surface area contributed by atoms with Crippen LogP contribution in [0, 0.1) is 0 Å². The Hall–Kier alpha value is -2.08. The minimum Gasteiger partial charge on any atom is -0.508 e. The van der Waals surface area contributed by atoms with Crippen LogP contribution in [0.3, 0.4) is 0 Å². The molecule has 1 aromatic rings. The molecular weight excluding hydrogens is 248 g/mol. The quantitative estimate of drug-likeness (QED) is 0.692. The first-order valence-electron chi connectivity index (χ1n) is 5.98. The topological polar surface area (TPSA) is 89.9 Å². The van der Waals surface area contributed by atoms with Gasteiger partial charge in [0.05, 0.1) is 12.5 Å². The fraction of sp³-hybridized carbons (Fsp3) is 0.385. The van der Waals surface area contributed by atoms with Crippen LogP contribution in [0.1, 0.15) is 24.9 Å². The molecule has 19 heavy (non-hydrogen) atoms. The van der Waals surface area contributed by atoms with Crippen LogP contribution >= 0.6 is 0 Å². The minimum atomic E-state index is -0.569. The van der Waals surface area contributed by atoms with Gasteiger partial charge in [-0.25, -0.2) is 0 Å². The Kier molecular flexibility index (Phi) is 3.44. The van der Waals surface area contributed by atoms with Gasteiger partial charge in [0, 0.05) is 24.7 Å². The monoisotopic (exact) mass is 264 g/mol. The third-order valence-corrected chi connectivity index (χ3v) is 3.31. The van der Waals surface area contributed by atoms with E-state index < -0.39 is 6.04 Å². The molecule has 102 valence electrons. The lowest BCUT2D eigenvalue weighted by atomic mass is 10.1. The second-order valence-electron chi connectivity index (χ2n) is 4.68. The molecule has 2 amide bonds. The number of rotatable bonds is 3. The molecule has 6 nitrogen and oxygen atoms in total. The van der Waals surface area contributed by atoms with Gasteiger partial charge in [0.1, 0.15) is 11.5 Å². The Labute approximate surface area is 110 Å². The number of nitrogens with one attached hydrogen (secondary N) is 1. The Balaban J connectivity index is 2.11. The number of imide groups is 1. The zero-order valence-corrected chi connectivity index (χ0v) is 10.8. The number of likely N-dealkylation sites (N-methyl/N-ethyl adjacent to an activating group) is 1. The van der Waals surface area contributed by atoms with Gasteiger partial charge >= 0.3 is 0 Å². The third kappa shape index (κ3) is 2.53. The predicted octanol–water partition coefficient (Wildman–Crippen LogP) is 0.506. The maximum absolute atomic E-state index is 11.8. The van der Waals surface area contributed by atoms with Gasteiger partial charge in [-0.2, -0.15) is 0 Å². The van der Waals surface area contributed by atoms with Gasteiger partial charge in [-0.05, 0) is 13.0 Å². The average molecular weight is 264 g/mol. The highest BCUT2D eigenvalue weighted by Gasteiger charge is 2.36. The molecule has 0 aliphatic carbocycles. The smallest absolute Gasteiger partial charge is 0.246 e. The Bertz CT molecular complexity index is 529. The first kappa shape index (κ1) is 13.4. The van der Waals surface area contributed by atoms with Crippen LogP contribution < -0.4 is 5.32 Å². The van der Waals surface area contributed by atoms with E-state index in [1.165, 1.54) is 19.2 Å². The Morgan fingerprint density at radius 2 is 2.05 bits per heavy atom. The molecule has 1 aliphatic rings. The van der Waals surface area contributed by atoms with Crippen LogP contribution in [0.25, 0.3) is 0 Å². The van der Waals surface area contributed by atoms with E-state index in [-0.39, 0.29) is 35.8 Å². The summed E-state index contributed by atoms with van der Waals surface area (Å²) < 4.78 is 0. The summed E-state index contributed by atoms with van der Waals surface area (Å²) in [4.78, 5) is 24.3. The summed E-state index contributed by atoms with van der Waals surface area (Å²) in [6.45, 7) is 1.78. The molecule has 0 aromatic heterocycles. The van der Waals surface area contributed by atoms with Crippen molar-refractivity contribution in [3.05, 3.63) is 23.8 Å². The first-order valence-corrected chi connectivity index (χ1v) is 5.98. The van der Waals surface area contributed by atoms with Crippen LogP contribution in [-0.4, -0.2) is 40.0 Å². The normalized spacial score (nSPS) is 20.9. The van der Waals surface area contributed by atoms with E-state index in [1.807, 2.05) is 0 Å². The molecule has 1 heterocycles. The molecule has 2 atom stereocenters. The van der Waals surface area contributed by atoms with Crippen molar-refractivity contribution in [1.82, 2.24) is 10.2 Å². The number of nitrogens with zero attached hydrogens (tertiary/aromatic N) is 1. The number of carbonyl (C=O) groups excluding carboxylic acids is 2. The molecule has 1 saturated heterocycles. The number of aromatic hydroxyl groups is 2. The molecular formula is C13H16N2O4. The zero-order valence-electron chi connectivity index (χ0n) is 10.8. The van der Waals surface area contributed by atoms with E-state index >= 15 is 0 Å². The molecule has 1 fully saturated rings. The largest absolute Gasteiger partial charge is 0.508 e. The van der Waals surface area contributed by atoms with Gasteiger partial charge in [0.25, 0.3) is 0 Å². The lowest BCUT2D eigenvalue weighted by molar-refractivity contribution is -0.137. The lowest BCUT2D eigenvalue weighted by Gasteiger charge is -2.19. The predicted molar refractivity (Wildman–Crippen MR) is 67.5 cm³/mol. The molecule has 0 radical (unpaired) electrons. The van der Waals surface area contributed by atoms with E-state index in [0.717, 1.165) is 4.90 Å². The molecule has 1 aliphatic heterocycles. The number of phenolic OH excluding ortho intramolecular Hbond substituents is 2. The van der Waals surface area contributed by atoms with Crippen LogP contribution in [0.15, 0.2) is 18.2 Å². The van der Waals surface area contributed by atoms with Crippen molar-refractivity contribution in [1.29, 1.82) is 0 Å². The van der Waals surface area contributed by atoms with Gasteiger partial charge in [0.2, 0.25) is 11.8 Å². The first-order chi connectivity index (χ1) is 8.90. The van der Waals surface area contributed by atoms with Gasteiger partial charge in [-0.3, -0.25) is 19.8 Å². The number of benzene rings is 1. The molecule has 2 rings (SSSR count). The summed E-state index contributed by atoms with van der Waals surface area (Å²) in [7, 11) is 1.45. The summed E-state index contributed by atoms with van der Waals surface area (Å²) in [5, 5.41) is 22.0. The standard InChI is InChI=1S/C13H16N2O4/c1-7(9-4-3-8(16)5-11(9)17)14-10-6-12(18)15(2)13(10)19/h3-5,7,10,14,16-17H,6H2,1-2H3. The summed E-state index contributed by atoms with van der Waals surface area (Å²) in [6, 6.07) is 3.39. The van der Waals surface area contributed by atoms with Crippen molar-refractivity contribution >= 4 is 11.8 Å². The fourth-order valence-electron chi connectivity index (χ4n) is 2.18. The van der Waals surface area contributed by atoms with Gasteiger partial charge < -0.3 is 10.2 Å². The fourth-order valence-corrected chi connectivity index (χ4v) is 2.18. The van der Waals surface area contributed by atoms with Crippen molar-refractivity contribution < 1.29 is 19.8 Å². The summed E-state index contributed by atoms with van der Waals surface area (Å²) in [6.07, 6.45) is 0.124. The van der Waals surface area contributed by atoms with Crippen molar-refractivity contribution in [2.75, 3.05) is 7.05 Å². The van der Waals surface area contributed by atoms with E-state index in [0.29, 0.717) is 5.56 Å². The Morgan fingerprint density at radius 3 is 2.58 bits per heavy atom. The van der Waals surface area contributed by atoms with Gasteiger partial charge in [-0.15, -0.1) is 0 Å². The van der Waals surface area contributed by atoms with E-state index in [9.17, 15) is 19.8 Å². The summed E-state index contributed by atoms with van der Waals surface area (Å²) >= 11 is 0. The van der Waals surface area contributed by atoms with E-state index in [2.05, 4.69) is 5.32 Å². The molecule has 0 spiro atoms. The van der Waals surface area contributed by atoms with E-state index in [4.69, 9.17) is 0 Å². The van der Waals surface area contributed by atoms with Crippen molar-refractivity contribution in [2.24, 2.45) is 0 Å². The molecule has 0 bridgehead atoms. The maximum Gasteiger partial charge on any atom is 0.246 e.